The Morgan fingerprint density at radius 2 is 0.900 bits per heavy atom. The van der Waals surface area contributed by atoms with Crippen molar-refractivity contribution in [1.29, 1.82) is 0 Å². The molecule has 0 N–H and O–H groups in total. The molecule has 0 aliphatic rings. The molecule has 0 aliphatic carbocycles. The zero-order valence-electron chi connectivity index (χ0n) is 27.3. The Morgan fingerprint density at radius 1 is 0.380 bits per heavy atom. The predicted molar refractivity (Wildman–Crippen MR) is 208 cm³/mol. The van der Waals surface area contributed by atoms with Crippen molar-refractivity contribution in [3.8, 4) is 44.8 Å². The van der Waals surface area contributed by atoms with E-state index in [9.17, 15) is 0 Å². The highest BCUT2D eigenvalue weighted by Crippen LogP contribution is 2.43. The first kappa shape index (κ1) is 29.4. The minimum Gasteiger partial charge on any atom is -0.435 e. The van der Waals surface area contributed by atoms with E-state index in [0.29, 0.717) is 5.89 Å². The second kappa shape index (κ2) is 12.7. The summed E-state index contributed by atoms with van der Waals surface area (Å²) in [6, 6.07) is 68.2. The van der Waals surface area contributed by atoms with Gasteiger partial charge in [0.1, 0.15) is 5.52 Å². The normalized spacial score (nSPS) is 11.2. The van der Waals surface area contributed by atoms with Crippen LogP contribution in [0.1, 0.15) is 0 Å². The number of anilines is 3. The van der Waals surface area contributed by atoms with Gasteiger partial charge in [0.15, 0.2) is 5.58 Å². The fraction of sp³-hybridized carbons (Fsp3) is 0. The highest BCUT2D eigenvalue weighted by molar-refractivity contribution is 6.11. The Bertz CT molecular complexity index is 2560. The van der Waals surface area contributed by atoms with Crippen LogP contribution in [0.15, 0.2) is 199 Å². The van der Waals surface area contributed by atoms with Crippen molar-refractivity contribution < 1.29 is 4.42 Å². The number of para-hydroxylation sites is 1. The first-order chi connectivity index (χ1) is 24.8. The molecule has 50 heavy (non-hydrogen) atoms. The summed E-state index contributed by atoms with van der Waals surface area (Å²) in [6.45, 7) is 0. The maximum absolute atomic E-state index is 6.48. The summed E-state index contributed by atoms with van der Waals surface area (Å²) < 4.78 is 6.48. The van der Waals surface area contributed by atoms with Gasteiger partial charge in [0, 0.05) is 27.9 Å². The number of rotatable bonds is 7. The third kappa shape index (κ3) is 5.41. The number of nitrogens with zero attached hydrogens (tertiary/aromatic N) is 2. The van der Waals surface area contributed by atoms with Gasteiger partial charge >= 0.3 is 0 Å². The van der Waals surface area contributed by atoms with Crippen LogP contribution in [0.4, 0.5) is 17.1 Å². The lowest BCUT2D eigenvalue weighted by Crippen LogP contribution is -2.11. The molecule has 0 radical (unpaired) electrons. The number of aromatic nitrogens is 1. The van der Waals surface area contributed by atoms with E-state index in [1.165, 1.54) is 22.3 Å². The van der Waals surface area contributed by atoms with E-state index >= 15 is 0 Å². The number of oxazole rings is 1. The monoisotopic (exact) mass is 640 g/mol. The molecule has 0 unspecified atom stereocenters. The molecule has 236 valence electrons. The van der Waals surface area contributed by atoms with Gasteiger partial charge < -0.3 is 9.32 Å². The molecule has 3 heteroatoms. The van der Waals surface area contributed by atoms with Crippen LogP contribution in [0.3, 0.4) is 0 Å². The van der Waals surface area contributed by atoms with Crippen molar-refractivity contribution in [2.75, 3.05) is 4.90 Å². The smallest absolute Gasteiger partial charge is 0.227 e. The first-order valence-electron chi connectivity index (χ1n) is 16.9. The van der Waals surface area contributed by atoms with Gasteiger partial charge in [-0.1, -0.05) is 146 Å². The fourth-order valence-electron chi connectivity index (χ4n) is 6.88. The van der Waals surface area contributed by atoms with Gasteiger partial charge in [0.25, 0.3) is 0 Å². The SMILES string of the molecule is c1ccc(-c2ccc(N(c3ccc(-c4cccc5ccc6nc(-c7ccccc7)oc6c45)cc3)c3ccccc3-c3ccccc3)cc2)cc1. The minimum atomic E-state index is 0.629. The summed E-state index contributed by atoms with van der Waals surface area (Å²) in [6.07, 6.45) is 0. The lowest BCUT2D eigenvalue weighted by molar-refractivity contribution is 0.623. The molecule has 0 spiro atoms. The highest BCUT2D eigenvalue weighted by atomic mass is 16.3. The lowest BCUT2D eigenvalue weighted by atomic mass is 9.97. The molecule has 0 aliphatic heterocycles. The largest absolute Gasteiger partial charge is 0.435 e. The molecule has 8 aromatic carbocycles. The second-order valence-corrected chi connectivity index (χ2v) is 12.4. The molecule has 0 saturated heterocycles. The average molecular weight is 641 g/mol. The molecule has 9 rings (SSSR count). The zero-order chi connectivity index (χ0) is 33.3. The van der Waals surface area contributed by atoms with Crippen molar-refractivity contribution in [3.05, 3.63) is 194 Å². The van der Waals surface area contributed by atoms with E-state index in [-0.39, 0.29) is 0 Å². The molecule has 0 fully saturated rings. The Balaban J connectivity index is 1.16. The van der Waals surface area contributed by atoms with Crippen molar-refractivity contribution in [2.45, 2.75) is 0 Å². The molecule has 3 nitrogen and oxygen atoms in total. The van der Waals surface area contributed by atoms with E-state index < -0.39 is 0 Å². The summed E-state index contributed by atoms with van der Waals surface area (Å²) in [7, 11) is 0. The van der Waals surface area contributed by atoms with Crippen LogP contribution < -0.4 is 4.90 Å². The summed E-state index contributed by atoms with van der Waals surface area (Å²) in [5, 5.41) is 2.18. The Morgan fingerprint density at radius 3 is 1.58 bits per heavy atom. The van der Waals surface area contributed by atoms with Crippen molar-refractivity contribution in [2.24, 2.45) is 0 Å². The molecule has 1 aromatic heterocycles. The van der Waals surface area contributed by atoms with E-state index in [0.717, 1.165) is 55.6 Å². The second-order valence-electron chi connectivity index (χ2n) is 12.4. The summed E-state index contributed by atoms with van der Waals surface area (Å²) in [5.74, 6) is 0.629. The Hall–Kier alpha value is -6.71. The fourth-order valence-corrected chi connectivity index (χ4v) is 6.88. The van der Waals surface area contributed by atoms with Crippen LogP contribution in [-0.4, -0.2) is 4.98 Å². The van der Waals surface area contributed by atoms with Crippen LogP contribution in [0.2, 0.25) is 0 Å². The van der Waals surface area contributed by atoms with Crippen molar-refractivity contribution in [1.82, 2.24) is 4.98 Å². The summed E-state index contributed by atoms with van der Waals surface area (Å²) >= 11 is 0. The predicted octanol–water partition coefficient (Wildman–Crippen LogP) is 13.1. The van der Waals surface area contributed by atoms with Crippen molar-refractivity contribution in [3.63, 3.8) is 0 Å². The molecular weight excluding hydrogens is 609 g/mol. The summed E-state index contributed by atoms with van der Waals surface area (Å²) in [4.78, 5) is 7.21. The highest BCUT2D eigenvalue weighted by Gasteiger charge is 2.19. The zero-order valence-corrected chi connectivity index (χ0v) is 27.3. The van der Waals surface area contributed by atoms with Crippen molar-refractivity contribution >= 4 is 38.9 Å². The number of fused-ring (bicyclic) bond motifs is 3. The quantitative estimate of drug-likeness (QED) is 0.174. The van der Waals surface area contributed by atoms with Gasteiger partial charge in [0.05, 0.1) is 5.69 Å². The van der Waals surface area contributed by atoms with Crippen LogP contribution >= 0.6 is 0 Å². The van der Waals surface area contributed by atoms with E-state index in [1.807, 2.05) is 36.4 Å². The topological polar surface area (TPSA) is 29.3 Å². The lowest BCUT2D eigenvalue weighted by Gasteiger charge is -2.28. The average Bonchev–Trinajstić information content (AvgIpc) is 3.65. The molecule has 0 bridgehead atoms. The molecule has 0 amide bonds. The van der Waals surface area contributed by atoms with E-state index in [2.05, 4.69) is 163 Å². The van der Waals surface area contributed by atoms with Crippen LogP contribution in [0.5, 0.6) is 0 Å². The van der Waals surface area contributed by atoms with Gasteiger partial charge in [-0.15, -0.1) is 0 Å². The molecule has 0 saturated carbocycles. The number of hydrogen-bond acceptors (Lipinski definition) is 3. The maximum atomic E-state index is 6.48. The van der Waals surface area contributed by atoms with Gasteiger partial charge in [-0.25, -0.2) is 4.98 Å². The third-order valence-corrected chi connectivity index (χ3v) is 9.32. The van der Waals surface area contributed by atoms with Crippen LogP contribution in [0.25, 0.3) is 66.7 Å². The molecule has 0 atom stereocenters. The molecular formula is C47H32N2O. The van der Waals surface area contributed by atoms with Gasteiger partial charge in [-0.2, -0.15) is 0 Å². The number of benzene rings is 8. The van der Waals surface area contributed by atoms with Gasteiger partial charge in [-0.3, -0.25) is 0 Å². The van der Waals surface area contributed by atoms with Gasteiger partial charge in [-0.05, 0) is 81.7 Å². The Labute approximate surface area is 291 Å². The van der Waals surface area contributed by atoms with Gasteiger partial charge in [0.2, 0.25) is 5.89 Å². The standard InChI is InChI=1S/C47H32N2O/c1-4-13-33(14-5-1)34-23-28-39(29-24-34)49(44-22-11-10-20-41(44)35-15-6-2-7-16-35)40-30-25-36(26-31-40)42-21-12-19-37-27-32-43-46(45(37)42)50-47(48-43)38-17-8-3-9-18-38/h1-32H. The van der Waals surface area contributed by atoms with Crippen LogP contribution in [0, 0.1) is 0 Å². The van der Waals surface area contributed by atoms with Crippen LogP contribution in [-0.2, 0) is 0 Å². The molecule has 9 aromatic rings. The van der Waals surface area contributed by atoms with E-state index in [4.69, 9.17) is 9.40 Å². The third-order valence-electron chi connectivity index (χ3n) is 9.32. The molecule has 1 heterocycles. The maximum Gasteiger partial charge on any atom is 0.227 e. The van der Waals surface area contributed by atoms with E-state index in [1.54, 1.807) is 0 Å². The summed E-state index contributed by atoms with van der Waals surface area (Å²) in [5.41, 5.74) is 12.8. The Kier molecular flexibility index (Phi) is 7.49. The number of hydrogen-bond donors (Lipinski definition) is 0. The minimum absolute atomic E-state index is 0.629. The first-order valence-corrected chi connectivity index (χ1v) is 16.9.